The van der Waals surface area contributed by atoms with Crippen molar-refractivity contribution in [2.45, 2.75) is 13.0 Å². The number of thiophene rings is 1. The standard InChI is InChI=1S/C24H27N3OS/c1-19-9-11-20(12-10-19)24(22-8-5-17-29-22)25-18-23(28)27-15-13-26(14-16-27)21-6-3-2-4-7-21/h2-12,17,24-25H,13-16,18H2,1H3/t24-/m1/s1. The van der Waals surface area contributed by atoms with Gasteiger partial charge in [-0.15, -0.1) is 11.3 Å². The summed E-state index contributed by atoms with van der Waals surface area (Å²) in [5.74, 6) is 0.173. The molecule has 5 heteroatoms. The molecule has 2 aromatic carbocycles. The van der Waals surface area contributed by atoms with Crippen molar-refractivity contribution < 1.29 is 4.79 Å². The highest BCUT2D eigenvalue weighted by atomic mass is 32.1. The molecule has 1 aromatic heterocycles. The average Bonchev–Trinajstić information content (AvgIpc) is 3.30. The van der Waals surface area contributed by atoms with Gasteiger partial charge in [-0.2, -0.15) is 0 Å². The van der Waals surface area contributed by atoms with Gasteiger partial charge in [0.2, 0.25) is 5.91 Å². The average molecular weight is 406 g/mol. The highest BCUT2D eigenvalue weighted by Gasteiger charge is 2.23. The van der Waals surface area contributed by atoms with Crippen molar-refractivity contribution in [1.29, 1.82) is 0 Å². The molecule has 0 unspecified atom stereocenters. The largest absolute Gasteiger partial charge is 0.368 e. The maximum Gasteiger partial charge on any atom is 0.236 e. The van der Waals surface area contributed by atoms with E-state index in [0.717, 1.165) is 26.2 Å². The SMILES string of the molecule is Cc1ccc([C@@H](NCC(=O)N2CCN(c3ccccc3)CC2)c2cccs2)cc1. The molecule has 0 saturated carbocycles. The van der Waals surface area contributed by atoms with Crippen LogP contribution in [0.3, 0.4) is 0 Å². The molecule has 0 radical (unpaired) electrons. The Balaban J connectivity index is 1.36. The lowest BCUT2D eigenvalue weighted by Crippen LogP contribution is -2.51. The first-order valence-corrected chi connectivity index (χ1v) is 11.0. The summed E-state index contributed by atoms with van der Waals surface area (Å²) in [5.41, 5.74) is 3.67. The molecular formula is C24H27N3OS. The van der Waals surface area contributed by atoms with Crippen LogP contribution in [-0.4, -0.2) is 43.5 Å². The number of nitrogens with one attached hydrogen (secondary N) is 1. The lowest BCUT2D eigenvalue weighted by molar-refractivity contribution is -0.130. The molecule has 1 amide bonds. The van der Waals surface area contributed by atoms with Gasteiger partial charge >= 0.3 is 0 Å². The van der Waals surface area contributed by atoms with Gasteiger partial charge in [0, 0.05) is 36.7 Å². The van der Waals surface area contributed by atoms with E-state index < -0.39 is 0 Å². The van der Waals surface area contributed by atoms with Crippen LogP contribution in [-0.2, 0) is 4.79 Å². The minimum absolute atomic E-state index is 0.0464. The summed E-state index contributed by atoms with van der Waals surface area (Å²) in [5, 5.41) is 5.59. The summed E-state index contributed by atoms with van der Waals surface area (Å²) in [7, 11) is 0. The molecule has 0 bridgehead atoms. The van der Waals surface area contributed by atoms with Gasteiger partial charge in [0.1, 0.15) is 0 Å². The molecule has 1 aliphatic rings. The number of nitrogens with zero attached hydrogens (tertiary/aromatic N) is 2. The highest BCUT2D eigenvalue weighted by Crippen LogP contribution is 2.26. The minimum atomic E-state index is 0.0464. The number of hydrogen-bond donors (Lipinski definition) is 1. The first kappa shape index (κ1) is 19.7. The first-order chi connectivity index (χ1) is 14.2. The number of benzene rings is 2. The summed E-state index contributed by atoms with van der Waals surface area (Å²) in [4.78, 5) is 18.4. The summed E-state index contributed by atoms with van der Waals surface area (Å²) in [6.45, 7) is 5.73. The molecule has 4 nitrogen and oxygen atoms in total. The molecule has 4 rings (SSSR count). The van der Waals surface area contributed by atoms with Gasteiger partial charge in [-0.1, -0.05) is 54.1 Å². The fourth-order valence-electron chi connectivity index (χ4n) is 3.75. The van der Waals surface area contributed by atoms with Crippen molar-refractivity contribution in [3.05, 3.63) is 88.1 Å². The predicted molar refractivity (Wildman–Crippen MR) is 121 cm³/mol. The van der Waals surface area contributed by atoms with E-state index in [4.69, 9.17) is 0 Å². The van der Waals surface area contributed by atoms with Gasteiger partial charge < -0.3 is 9.80 Å². The Labute approximate surface area is 176 Å². The summed E-state index contributed by atoms with van der Waals surface area (Å²) in [6.07, 6.45) is 0. The minimum Gasteiger partial charge on any atom is -0.368 e. The van der Waals surface area contributed by atoms with E-state index in [9.17, 15) is 4.79 Å². The van der Waals surface area contributed by atoms with E-state index in [1.807, 2.05) is 11.0 Å². The van der Waals surface area contributed by atoms with E-state index in [-0.39, 0.29) is 11.9 Å². The fourth-order valence-corrected chi connectivity index (χ4v) is 4.58. The Morgan fingerprint density at radius 1 is 0.966 bits per heavy atom. The zero-order chi connectivity index (χ0) is 20.1. The van der Waals surface area contributed by atoms with Crippen molar-refractivity contribution in [1.82, 2.24) is 10.2 Å². The zero-order valence-electron chi connectivity index (χ0n) is 16.8. The van der Waals surface area contributed by atoms with Crippen molar-refractivity contribution in [2.75, 3.05) is 37.6 Å². The molecule has 1 aliphatic heterocycles. The maximum atomic E-state index is 12.8. The first-order valence-electron chi connectivity index (χ1n) is 10.1. The number of carbonyl (C=O) groups excluding carboxylic acids is 1. The Hall–Kier alpha value is -2.63. The zero-order valence-corrected chi connectivity index (χ0v) is 17.6. The van der Waals surface area contributed by atoms with Crippen molar-refractivity contribution >= 4 is 22.9 Å². The monoisotopic (exact) mass is 405 g/mol. The van der Waals surface area contributed by atoms with Gasteiger partial charge in [0.15, 0.2) is 0 Å². The molecule has 0 aliphatic carbocycles. The molecule has 1 fully saturated rings. The number of carbonyl (C=O) groups is 1. The van der Waals surface area contributed by atoms with E-state index in [1.165, 1.54) is 21.7 Å². The highest BCUT2D eigenvalue weighted by molar-refractivity contribution is 7.10. The van der Waals surface area contributed by atoms with Crippen molar-refractivity contribution in [3.8, 4) is 0 Å². The van der Waals surface area contributed by atoms with Crippen LogP contribution in [0.1, 0.15) is 22.0 Å². The molecular weight excluding hydrogens is 378 g/mol. The van der Waals surface area contributed by atoms with Gasteiger partial charge in [0.25, 0.3) is 0 Å². The lowest BCUT2D eigenvalue weighted by Gasteiger charge is -2.36. The Kier molecular flexibility index (Phi) is 6.27. The second kappa shape index (κ2) is 9.25. The molecule has 2 heterocycles. The number of aryl methyl sites for hydroxylation is 1. The molecule has 1 N–H and O–H groups in total. The lowest BCUT2D eigenvalue weighted by atomic mass is 10.0. The number of anilines is 1. The second-order valence-corrected chi connectivity index (χ2v) is 8.42. The van der Waals surface area contributed by atoms with Crippen molar-refractivity contribution in [2.24, 2.45) is 0 Å². The Morgan fingerprint density at radius 3 is 2.34 bits per heavy atom. The number of amides is 1. The van der Waals surface area contributed by atoms with Gasteiger partial charge in [-0.05, 0) is 36.1 Å². The third kappa shape index (κ3) is 4.86. The van der Waals surface area contributed by atoms with Crippen LogP contribution in [0.15, 0.2) is 72.1 Å². The topological polar surface area (TPSA) is 35.6 Å². The van der Waals surface area contributed by atoms with Crippen LogP contribution >= 0.6 is 11.3 Å². The number of rotatable bonds is 6. The van der Waals surface area contributed by atoms with Crippen LogP contribution in [0, 0.1) is 6.92 Å². The molecule has 29 heavy (non-hydrogen) atoms. The maximum absolute atomic E-state index is 12.8. The number of hydrogen-bond acceptors (Lipinski definition) is 4. The molecule has 1 atom stereocenters. The fraction of sp³-hybridized carbons (Fsp3) is 0.292. The third-order valence-corrected chi connectivity index (χ3v) is 6.39. The predicted octanol–water partition coefficient (Wildman–Crippen LogP) is 4.08. The normalized spacial score (nSPS) is 15.3. The van der Waals surface area contributed by atoms with E-state index in [2.05, 4.69) is 83.2 Å². The summed E-state index contributed by atoms with van der Waals surface area (Å²) in [6, 6.07) is 23.2. The third-order valence-electron chi connectivity index (χ3n) is 5.45. The molecule has 0 spiro atoms. The van der Waals surface area contributed by atoms with Crippen molar-refractivity contribution in [3.63, 3.8) is 0 Å². The second-order valence-electron chi connectivity index (χ2n) is 7.44. The molecule has 1 saturated heterocycles. The van der Waals surface area contributed by atoms with Gasteiger partial charge in [0.05, 0.1) is 12.6 Å². The smallest absolute Gasteiger partial charge is 0.236 e. The van der Waals surface area contributed by atoms with Crippen LogP contribution < -0.4 is 10.2 Å². The van der Waals surface area contributed by atoms with Gasteiger partial charge in [-0.25, -0.2) is 0 Å². The summed E-state index contributed by atoms with van der Waals surface area (Å²) < 4.78 is 0. The van der Waals surface area contributed by atoms with Crippen LogP contribution in [0.4, 0.5) is 5.69 Å². The molecule has 150 valence electrons. The van der Waals surface area contributed by atoms with Gasteiger partial charge in [-0.3, -0.25) is 10.1 Å². The van der Waals surface area contributed by atoms with E-state index >= 15 is 0 Å². The van der Waals surface area contributed by atoms with Crippen LogP contribution in [0.5, 0.6) is 0 Å². The quantitative estimate of drug-likeness (QED) is 0.671. The summed E-state index contributed by atoms with van der Waals surface area (Å²) >= 11 is 1.72. The van der Waals surface area contributed by atoms with E-state index in [0.29, 0.717) is 6.54 Å². The number of piperazine rings is 1. The van der Waals surface area contributed by atoms with Crippen LogP contribution in [0.25, 0.3) is 0 Å². The van der Waals surface area contributed by atoms with Crippen LogP contribution in [0.2, 0.25) is 0 Å². The Bertz CT molecular complexity index is 901. The van der Waals surface area contributed by atoms with E-state index in [1.54, 1.807) is 11.3 Å². The molecule has 3 aromatic rings. The Morgan fingerprint density at radius 2 is 1.69 bits per heavy atom. The number of para-hydroxylation sites is 1.